The van der Waals surface area contributed by atoms with Crippen molar-refractivity contribution in [2.24, 2.45) is 7.05 Å². The summed E-state index contributed by atoms with van der Waals surface area (Å²) in [4.78, 5) is 28.3. The Labute approximate surface area is 135 Å². The summed E-state index contributed by atoms with van der Waals surface area (Å²) in [6, 6.07) is 4.82. The number of amides is 2. The predicted molar refractivity (Wildman–Crippen MR) is 86.0 cm³/mol. The molecule has 0 atom stereocenters. The van der Waals surface area contributed by atoms with E-state index >= 15 is 0 Å². The van der Waals surface area contributed by atoms with E-state index in [2.05, 4.69) is 20.7 Å². The van der Waals surface area contributed by atoms with Gasteiger partial charge >= 0.3 is 0 Å². The van der Waals surface area contributed by atoms with Crippen LogP contribution in [0.4, 0.5) is 0 Å². The maximum absolute atomic E-state index is 12.2. The second-order valence-corrected chi connectivity index (χ2v) is 5.63. The largest absolute Gasteiger partial charge is 0.349 e. The first kappa shape index (κ1) is 16.7. The molecule has 0 spiro atoms. The fourth-order valence-corrected chi connectivity index (χ4v) is 2.11. The van der Waals surface area contributed by atoms with Gasteiger partial charge in [-0.1, -0.05) is 6.07 Å². The fourth-order valence-electron chi connectivity index (χ4n) is 2.11. The molecule has 2 amide bonds. The lowest BCUT2D eigenvalue weighted by Gasteiger charge is -2.09. The van der Waals surface area contributed by atoms with Gasteiger partial charge in [0.25, 0.3) is 11.8 Å². The Kier molecular flexibility index (Phi) is 5.10. The van der Waals surface area contributed by atoms with Gasteiger partial charge in [0.2, 0.25) is 0 Å². The Morgan fingerprint density at radius 1 is 1.22 bits per heavy atom. The molecule has 0 bridgehead atoms. The average molecular weight is 315 g/mol. The van der Waals surface area contributed by atoms with E-state index < -0.39 is 0 Å². The van der Waals surface area contributed by atoms with Crippen molar-refractivity contribution in [3.63, 3.8) is 0 Å². The number of hydrogen-bond acceptors (Lipinski definition) is 4. The van der Waals surface area contributed by atoms with E-state index in [1.54, 1.807) is 22.9 Å². The summed E-state index contributed by atoms with van der Waals surface area (Å²) in [6.45, 7) is 5.98. The van der Waals surface area contributed by atoms with E-state index in [-0.39, 0.29) is 29.2 Å². The number of hydrogen-bond donors (Lipinski definition) is 2. The molecule has 0 saturated carbocycles. The summed E-state index contributed by atoms with van der Waals surface area (Å²) in [5.41, 5.74) is 2.24. The Bertz CT molecular complexity index is 721. The fraction of sp³-hybridized carbons (Fsp3) is 0.375. The van der Waals surface area contributed by atoms with Crippen molar-refractivity contribution in [3.05, 3.63) is 47.0 Å². The zero-order valence-corrected chi connectivity index (χ0v) is 13.8. The summed E-state index contributed by atoms with van der Waals surface area (Å²) in [6.07, 6.45) is 1.86. The third-order valence-electron chi connectivity index (χ3n) is 3.19. The molecule has 0 aromatic carbocycles. The molecule has 2 heterocycles. The highest BCUT2D eigenvalue weighted by Crippen LogP contribution is 2.05. The highest BCUT2D eigenvalue weighted by molar-refractivity contribution is 5.96. The molecule has 23 heavy (non-hydrogen) atoms. The number of carbonyl (C=O) groups is 2. The van der Waals surface area contributed by atoms with Gasteiger partial charge in [-0.2, -0.15) is 5.10 Å². The van der Waals surface area contributed by atoms with Crippen LogP contribution in [0.15, 0.2) is 24.4 Å². The van der Waals surface area contributed by atoms with Crippen LogP contribution in [0.5, 0.6) is 0 Å². The van der Waals surface area contributed by atoms with Crippen molar-refractivity contribution in [1.82, 2.24) is 25.4 Å². The molecule has 0 unspecified atom stereocenters. The van der Waals surface area contributed by atoms with Crippen LogP contribution < -0.4 is 10.6 Å². The van der Waals surface area contributed by atoms with Crippen LogP contribution in [0.1, 0.15) is 46.1 Å². The predicted octanol–water partition coefficient (Wildman–Crippen LogP) is 1.19. The summed E-state index contributed by atoms with van der Waals surface area (Å²) < 4.78 is 1.70. The van der Waals surface area contributed by atoms with Crippen molar-refractivity contribution in [3.8, 4) is 0 Å². The van der Waals surface area contributed by atoms with Crippen molar-refractivity contribution in [2.45, 2.75) is 33.4 Å². The lowest BCUT2D eigenvalue weighted by Crippen LogP contribution is -2.31. The lowest BCUT2D eigenvalue weighted by molar-refractivity contribution is 0.0936. The van der Waals surface area contributed by atoms with Crippen LogP contribution in [0.25, 0.3) is 0 Å². The van der Waals surface area contributed by atoms with Crippen molar-refractivity contribution < 1.29 is 9.59 Å². The van der Waals surface area contributed by atoms with Gasteiger partial charge in [-0.3, -0.25) is 14.3 Å². The smallest absolute Gasteiger partial charge is 0.270 e. The van der Waals surface area contributed by atoms with Crippen molar-refractivity contribution >= 4 is 11.8 Å². The Hall–Kier alpha value is -2.70. The number of carbonyl (C=O) groups excluding carboxylic acids is 2. The minimum Gasteiger partial charge on any atom is -0.349 e. The number of rotatable bonds is 5. The third kappa shape index (κ3) is 4.38. The molecule has 2 rings (SSSR count). The molecule has 2 aromatic heterocycles. The van der Waals surface area contributed by atoms with Crippen molar-refractivity contribution in [1.29, 1.82) is 0 Å². The van der Waals surface area contributed by atoms with Gasteiger partial charge in [-0.15, -0.1) is 0 Å². The quantitative estimate of drug-likeness (QED) is 0.867. The van der Waals surface area contributed by atoms with Crippen LogP contribution in [-0.2, 0) is 13.6 Å². The molecule has 0 radical (unpaired) electrons. The maximum Gasteiger partial charge on any atom is 0.270 e. The molecular weight excluding hydrogens is 294 g/mol. The Balaban J connectivity index is 2.05. The van der Waals surface area contributed by atoms with Gasteiger partial charge in [-0.25, -0.2) is 4.98 Å². The minimum absolute atomic E-state index is 0.00957. The van der Waals surface area contributed by atoms with E-state index in [1.165, 1.54) is 0 Å². The molecule has 0 aliphatic heterocycles. The summed E-state index contributed by atoms with van der Waals surface area (Å²) in [7, 11) is 1.83. The van der Waals surface area contributed by atoms with Gasteiger partial charge in [-0.05, 0) is 32.9 Å². The Morgan fingerprint density at radius 3 is 2.43 bits per heavy atom. The second-order valence-electron chi connectivity index (χ2n) is 5.63. The minimum atomic E-state index is -0.326. The molecular formula is C16H21N5O2. The van der Waals surface area contributed by atoms with Crippen molar-refractivity contribution in [2.75, 3.05) is 0 Å². The molecule has 7 nitrogen and oxygen atoms in total. The molecule has 2 N–H and O–H groups in total. The molecule has 122 valence electrons. The Morgan fingerprint density at radius 2 is 1.87 bits per heavy atom. The third-order valence-corrected chi connectivity index (χ3v) is 3.19. The van der Waals surface area contributed by atoms with Gasteiger partial charge in [0.05, 0.1) is 5.69 Å². The highest BCUT2D eigenvalue weighted by Gasteiger charge is 2.13. The van der Waals surface area contributed by atoms with Crippen LogP contribution in [0.3, 0.4) is 0 Å². The van der Waals surface area contributed by atoms with E-state index in [0.717, 1.165) is 11.3 Å². The van der Waals surface area contributed by atoms with E-state index in [4.69, 9.17) is 0 Å². The molecule has 0 fully saturated rings. The first-order valence-electron chi connectivity index (χ1n) is 7.42. The average Bonchev–Trinajstić information content (AvgIpc) is 2.82. The molecule has 0 aliphatic carbocycles. The van der Waals surface area contributed by atoms with E-state index in [1.807, 2.05) is 34.0 Å². The van der Waals surface area contributed by atoms with Crippen LogP contribution in [0.2, 0.25) is 0 Å². The van der Waals surface area contributed by atoms with Crippen LogP contribution in [0, 0.1) is 6.92 Å². The lowest BCUT2D eigenvalue weighted by atomic mass is 10.2. The SMILES string of the molecule is Cc1nn(C)cc1CNC(=O)c1cccc(C(=O)NC(C)C)n1. The first-order valence-corrected chi connectivity index (χ1v) is 7.42. The number of pyridine rings is 1. The monoisotopic (exact) mass is 315 g/mol. The van der Waals surface area contributed by atoms with Gasteiger partial charge in [0, 0.05) is 31.4 Å². The van der Waals surface area contributed by atoms with Crippen LogP contribution >= 0.6 is 0 Å². The van der Waals surface area contributed by atoms with Gasteiger partial charge in [0.15, 0.2) is 0 Å². The van der Waals surface area contributed by atoms with Gasteiger partial charge in [0.1, 0.15) is 11.4 Å². The number of nitrogens with zero attached hydrogens (tertiary/aromatic N) is 3. The summed E-state index contributed by atoms with van der Waals surface area (Å²) >= 11 is 0. The number of nitrogens with one attached hydrogen (secondary N) is 2. The maximum atomic E-state index is 12.2. The molecule has 7 heteroatoms. The zero-order valence-electron chi connectivity index (χ0n) is 13.8. The number of aryl methyl sites for hydroxylation is 2. The van der Waals surface area contributed by atoms with Crippen LogP contribution in [-0.4, -0.2) is 32.6 Å². The normalized spacial score (nSPS) is 10.7. The standard InChI is InChI=1S/C16H21N5O2/c1-10(2)18-16(23)14-7-5-6-13(19-14)15(22)17-8-12-9-21(4)20-11(12)3/h5-7,9-10H,8H2,1-4H3,(H,17,22)(H,18,23). The second kappa shape index (κ2) is 7.04. The van der Waals surface area contributed by atoms with E-state index in [9.17, 15) is 9.59 Å². The first-order chi connectivity index (χ1) is 10.9. The van der Waals surface area contributed by atoms with Gasteiger partial charge < -0.3 is 10.6 Å². The molecule has 0 aliphatic rings. The topological polar surface area (TPSA) is 88.9 Å². The van der Waals surface area contributed by atoms with E-state index in [0.29, 0.717) is 6.54 Å². The molecule has 0 saturated heterocycles. The summed E-state index contributed by atoms with van der Waals surface area (Å²) in [5.74, 6) is -0.620. The highest BCUT2D eigenvalue weighted by atomic mass is 16.2. The molecule has 2 aromatic rings. The zero-order chi connectivity index (χ0) is 17.0. The number of aromatic nitrogens is 3. The summed E-state index contributed by atoms with van der Waals surface area (Å²) in [5, 5.41) is 9.76.